The minimum atomic E-state index is -0.459. The molecule has 0 aliphatic carbocycles. The first kappa shape index (κ1) is 22.6. The van der Waals surface area contributed by atoms with E-state index in [1.165, 1.54) is 16.8 Å². The zero-order valence-electron chi connectivity index (χ0n) is 18.6. The SMILES string of the molecule is CCC1=NN2C(=N)C(=Cc3ccc(OCCOc4ccccc4C)c(OC)c3)C(=O)N=C2S1. The molecule has 9 heteroatoms. The van der Waals surface area contributed by atoms with Gasteiger partial charge in [-0.2, -0.15) is 15.1 Å². The molecule has 0 atom stereocenters. The van der Waals surface area contributed by atoms with Crippen molar-refractivity contribution in [3.05, 3.63) is 59.2 Å². The summed E-state index contributed by atoms with van der Waals surface area (Å²) in [7, 11) is 1.55. The molecule has 1 N–H and O–H groups in total. The van der Waals surface area contributed by atoms with Crippen LogP contribution in [0.25, 0.3) is 6.08 Å². The molecule has 0 aromatic heterocycles. The van der Waals surface area contributed by atoms with Crippen LogP contribution in [0.1, 0.15) is 24.5 Å². The molecule has 0 unspecified atom stereocenters. The lowest BCUT2D eigenvalue weighted by Gasteiger charge is -2.20. The number of benzene rings is 2. The number of carbonyl (C=O) groups excluding carboxylic acids is 1. The zero-order chi connectivity index (χ0) is 23.4. The van der Waals surface area contributed by atoms with Crippen molar-refractivity contribution in [3.63, 3.8) is 0 Å². The first-order chi connectivity index (χ1) is 16.0. The van der Waals surface area contributed by atoms with Gasteiger partial charge in [0.05, 0.1) is 12.7 Å². The van der Waals surface area contributed by atoms with Crippen LogP contribution in [0.5, 0.6) is 17.2 Å². The molecule has 0 bridgehead atoms. The number of nitrogens with one attached hydrogen (secondary N) is 1. The number of amides is 1. The lowest BCUT2D eigenvalue weighted by Crippen LogP contribution is -2.35. The summed E-state index contributed by atoms with van der Waals surface area (Å²) in [5.41, 5.74) is 1.92. The van der Waals surface area contributed by atoms with Crippen molar-refractivity contribution in [1.29, 1.82) is 5.41 Å². The standard InChI is InChI=1S/C24H24N4O4S/c1-4-21-27-28-22(25)17(23(29)26-24(28)33-21)13-16-9-10-19(20(14-16)30-3)32-12-11-31-18-8-6-5-7-15(18)2/h5-10,13-14,25H,4,11-12H2,1-3H3. The van der Waals surface area contributed by atoms with Crippen LogP contribution in [-0.4, -0.2) is 47.3 Å². The third kappa shape index (κ3) is 4.93. The lowest BCUT2D eigenvalue weighted by molar-refractivity contribution is -0.114. The molecule has 2 aliphatic rings. The van der Waals surface area contributed by atoms with Gasteiger partial charge in [-0.05, 0) is 60.5 Å². The van der Waals surface area contributed by atoms with Crippen molar-refractivity contribution in [2.75, 3.05) is 20.3 Å². The van der Waals surface area contributed by atoms with Gasteiger partial charge in [-0.1, -0.05) is 31.2 Å². The Morgan fingerprint density at radius 2 is 1.85 bits per heavy atom. The Balaban J connectivity index is 1.45. The van der Waals surface area contributed by atoms with Gasteiger partial charge in [0.25, 0.3) is 5.91 Å². The summed E-state index contributed by atoms with van der Waals surface area (Å²) in [5.74, 6) is 1.45. The van der Waals surface area contributed by atoms with Crippen molar-refractivity contribution in [1.82, 2.24) is 5.01 Å². The number of ether oxygens (including phenoxy) is 3. The highest BCUT2D eigenvalue weighted by Gasteiger charge is 2.35. The number of para-hydroxylation sites is 1. The summed E-state index contributed by atoms with van der Waals surface area (Å²) in [6.45, 7) is 4.70. The number of aryl methyl sites for hydroxylation is 1. The van der Waals surface area contributed by atoms with Crippen molar-refractivity contribution >= 4 is 39.8 Å². The summed E-state index contributed by atoms with van der Waals surface area (Å²) in [6.07, 6.45) is 2.33. The fourth-order valence-electron chi connectivity index (χ4n) is 3.26. The van der Waals surface area contributed by atoms with Crippen LogP contribution in [0.3, 0.4) is 0 Å². The molecule has 0 radical (unpaired) electrons. The average Bonchev–Trinajstić information content (AvgIpc) is 3.24. The molecule has 33 heavy (non-hydrogen) atoms. The Labute approximate surface area is 196 Å². The van der Waals surface area contributed by atoms with E-state index >= 15 is 0 Å². The molecule has 2 aromatic rings. The van der Waals surface area contributed by atoms with Gasteiger partial charge in [0.15, 0.2) is 17.3 Å². The van der Waals surface area contributed by atoms with Crippen LogP contribution >= 0.6 is 11.8 Å². The molecule has 8 nitrogen and oxygen atoms in total. The fraction of sp³-hybridized carbons (Fsp3) is 0.250. The summed E-state index contributed by atoms with van der Waals surface area (Å²) in [5, 5.41) is 15.4. The lowest BCUT2D eigenvalue weighted by atomic mass is 10.1. The topological polar surface area (TPSA) is 96.6 Å². The molecule has 2 heterocycles. The van der Waals surface area contributed by atoms with Gasteiger partial charge in [-0.3, -0.25) is 10.2 Å². The van der Waals surface area contributed by atoms with Gasteiger partial charge in [-0.25, -0.2) is 0 Å². The maximum absolute atomic E-state index is 12.5. The molecule has 0 saturated heterocycles. The maximum atomic E-state index is 12.5. The van der Waals surface area contributed by atoms with E-state index in [1.807, 2.05) is 38.1 Å². The predicted octanol–water partition coefficient (Wildman–Crippen LogP) is 4.49. The van der Waals surface area contributed by atoms with E-state index in [9.17, 15) is 4.79 Å². The fourth-order valence-corrected chi connectivity index (χ4v) is 4.08. The number of aliphatic imine (C=N–C) groups is 1. The number of thioether (sulfide) groups is 1. The van der Waals surface area contributed by atoms with E-state index in [-0.39, 0.29) is 11.4 Å². The van der Waals surface area contributed by atoms with Crippen LogP contribution in [-0.2, 0) is 4.79 Å². The Morgan fingerprint density at radius 1 is 1.09 bits per heavy atom. The Kier molecular flexibility index (Phi) is 6.79. The summed E-state index contributed by atoms with van der Waals surface area (Å²) in [4.78, 5) is 16.6. The minimum Gasteiger partial charge on any atom is -0.493 e. The van der Waals surface area contributed by atoms with Gasteiger partial charge in [-0.15, -0.1) is 0 Å². The first-order valence-electron chi connectivity index (χ1n) is 10.5. The number of carbonyl (C=O) groups is 1. The highest BCUT2D eigenvalue weighted by atomic mass is 32.2. The molecular weight excluding hydrogens is 440 g/mol. The van der Waals surface area contributed by atoms with E-state index in [2.05, 4.69) is 10.1 Å². The minimum absolute atomic E-state index is 0.00796. The normalized spacial score (nSPS) is 16.5. The highest BCUT2D eigenvalue weighted by Crippen LogP contribution is 2.32. The Morgan fingerprint density at radius 3 is 2.58 bits per heavy atom. The highest BCUT2D eigenvalue weighted by molar-refractivity contribution is 8.26. The number of nitrogens with zero attached hydrogens (tertiary/aromatic N) is 3. The van der Waals surface area contributed by atoms with Crippen LogP contribution in [0.4, 0.5) is 0 Å². The second-order valence-electron chi connectivity index (χ2n) is 7.24. The van der Waals surface area contributed by atoms with Crippen LogP contribution in [0.2, 0.25) is 0 Å². The quantitative estimate of drug-likeness (QED) is 0.457. The Bertz CT molecular complexity index is 1190. The third-order valence-corrected chi connectivity index (χ3v) is 6.04. The summed E-state index contributed by atoms with van der Waals surface area (Å²) >= 11 is 1.32. The molecule has 170 valence electrons. The number of hydrazone groups is 1. The van der Waals surface area contributed by atoms with E-state index < -0.39 is 5.91 Å². The molecular formula is C24H24N4O4S. The average molecular weight is 465 g/mol. The van der Waals surface area contributed by atoms with E-state index in [0.29, 0.717) is 35.4 Å². The van der Waals surface area contributed by atoms with Crippen molar-refractivity contribution in [2.24, 2.45) is 10.1 Å². The largest absolute Gasteiger partial charge is 0.493 e. The van der Waals surface area contributed by atoms with Gasteiger partial charge in [0.1, 0.15) is 24.0 Å². The monoisotopic (exact) mass is 464 g/mol. The number of hydrogen-bond acceptors (Lipinski definition) is 7. The molecule has 1 amide bonds. The second kappa shape index (κ2) is 9.91. The maximum Gasteiger partial charge on any atom is 0.283 e. The Hall–Kier alpha value is -3.59. The number of methoxy groups -OCH3 is 1. The predicted molar refractivity (Wildman–Crippen MR) is 130 cm³/mol. The second-order valence-corrected chi connectivity index (χ2v) is 8.28. The van der Waals surface area contributed by atoms with Gasteiger partial charge in [0, 0.05) is 0 Å². The molecule has 0 fully saturated rings. The molecule has 4 rings (SSSR count). The van der Waals surface area contributed by atoms with Crippen LogP contribution < -0.4 is 14.2 Å². The van der Waals surface area contributed by atoms with E-state index in [1.54, 1.807) is 31.4 Å². The molecule has 2 aromatic carbocycles. The van der Waals surface area contributed by atoms with E-state index in [0.717, 1.165) is 22.8 Å². The van der Waals surface area contributed by atoms with Crippen LogP contribution in [0, 0.1) is 12.3 Å². The summed E-state index contributed by atoms with van der Waals surface area (Å²) < 4.78 is 17.1. The molecule has 0 saturated carbocycles. The van der Waals surface area contributed by atoms with Gasteiger partial charge >= 0.3 is 0 Å². The molecule has 2 aliphatic heterocycles. The smallest absolute Gasteiger partial charge is 0.283 e. The number of fused-ring (bicyclic) bond motifs is 1. The molecule has 0 spiro atoms. The van der Waals surface area contributed by atoms with Crippen molar-refractivity contribution in [2.45, 2.75) is 20.3 Å². The van der Waals surface area contributed by atoms with Crippen LogP contribution in [0.15, 0.2) is 58.1 Å². The number of rotatable bonds is 8. The van der Waals surface area contributed by atoms with Crippen molar-refractivity contribution in [3.8, 4) is 17.2 Å². The third-order valence-electron chi connectivity index (χ3n) is 4.99. The number of hydrogen-bond donors (Lipinski definition) is 1. The summed E-state index contributed by atoms with van der Waals surface area (Å²) in [6, 6.07) is 13.1. The first-order valence-corrected chi connectivity index (χ1v) is 11.3. The zero-order valence-corrected chi connectivity index (χ0v) is 19.4. The van der Waals surface area contributed by atoms with Crippen molar-refractivity contribution < 1.29 is 19.0 Å². The van der Waals surface area contributed by atoms with Gasteiger partial charge in [0.2, 0.25) is 5.17 Å². The number of amidine groups is 2. The van der Waals surface area contributed by atoms with E-state index in [4.69, 9.17) is 19.6 Å². The van der Waals surface area contributed by atoms with Gasteiger partial charge < -0.3 is 14.2 Å².